The number of phenolic OH excluding ortho intramolecular Hbond substituents is 1. The topological polar surface area (TPSA) is 82.1 Å². The summed E-state index contributed by atoms with van der Waals surface area (Å²) in [5, 5.41) is 10.5. The zero-order chi connectivity index (χ0) is 21.6. The predicted molar refractivity (Wildman–Crippen MR) is 114 cm³/mol. The van der Waals surface area contributed by atoms with Crippen molar-refractivity contribution in [3.05, 3.63) is 36.4 Å². The van der Waals surface area contributed by atoms with Gasteiger partial charge in [-0.05, 0) is 57.4 Å². The van der Waals surface area contributed by atoms with Gasteiger partial charge in [-0.25, -0.2) is 8.42 Å². The molecular formula is C21H27BO6S. The zero-order valence-corrected chi connectivity index (χ0v) is 18.5. The Labute approximate surface area is 172 Å². The molecule has 0 unspecified atom stereocenters. The highest BCUT2D eigenvalue weighted by molar-refractivity contribution is 7.91. The molecule has 1 saturated heterocycles. The molecule has 0 bridgehead atoms. The van der Waals surface area contributed by atoms with E-state index in [0.717, 1.165) is 5.46 Å². The number of aromatic hydroxyl groups is 1. The minimum atomic E-state index is -3.37. The number of rotatable bonds is 5. The van der Waals surface area contributed by atoms with Gasteiger partial charge in [-0.15, -0.1) is 0 Å². The lowest BCUT2D eigenvalue weighted by molar-refractivity contribution is 0.00578. The fourth-order valence-electron chi connectivity index (χ4n) is 3.15. The molecule has 0 aromatic heterocycles. The van der Waals surface area contributed by atoms with Gasteiger partial charge in [0.05, 0.1) is 29.0 Å². The van der Waals surface area contributed by atoms with Gasteiger partial charge in [-0.3, -0.25) is 0 Å². The monoisotopic (exact) mass is 418 g/mol. The molecule has 6 nitrogen and oxygen atoms in total. The third-order valence-corrected chi connectivity index (χ3v) is 7.48. The molecule has 0 aliphatic carbocycles. The van der Waals surface area contributed by atoms with Gasteiger partial charge < -0.3 is 19.2 Å². The molecule has 156 valence electrons. The second-order valence-electron chi connectivity index (χ2n) is 8.13. The summed E-state index contributed by atoms with van der Waals surface area (Å²) in [6.07, 6.45) is 0. The molecule has 0 radical (unpaired) electrons. The Balaban J connectivity index is 2.06. The Bertz CT molecular complexity index is 1010. The summed E-state index contributed by atoms with van der Waals surface area (Å²) in [6, 6.07) is 9.76. The highest BCUT2D eigenvalue weighted by atomic mass is 32.2. The zero-order valence-electron chi connectivity index (χ0n) is 17.6. The second-order valence-corrected chi connectivity index (χ2v) is 10.4. The maximum Gasteiger partial charge on any atom is 0.494 e. The Kier molecular flexibility index (Phi) is 5.49. The van der Waals surface area contributed by atoms with E-state index in [1.807, 2.05) is 27.7 Å². The quantitative estimate of drug-likeness (QED) is 0.752. The van der Waals surface area contributed by atoms with Crippen molar-refractivity contribution < 1.29 is 27.6 Å². The molecule has 1 aliphatic heterocycles. The van der Waals surface area contributed by atoms with E-state index in [4.69, 9.17) is 14.0 Å². The third-order valence-electron chi connectivity index (χ3n) is 5.75. The maximum absolute atomic E-state index is 12.2. The highest BCUT2D eigenvalue weighted by Crippen LogP contribution is 2.39. The van der Waals surface area contributed by atoms with Crippen LogP contribution in [-0.2, 0) is 19.1 Å². The lowest BCUT2D eigenvalue weighted by Crippen LogP contribution is -2.41. The molecule has 2 aromatic rings. The summed E-state index contributed by atoms with van der Waals surface area (Å²) in [7, 11) is -2.48. The number of hydrogen-bond acceptors (Lipinski definition) is 6. The van der Waals surface area contributed by atoms with E-state index in [0.29, 0.717) is 16.9 Å². The molecule has 1 fully saturated rings. The molecule has 0 spiro atoms. The average molecular weight is 418 g/mol. The summed E-state index contributed by atoms with van der Waals surface area (Å²) in [4.78, 5) is 0.183. The maximum atomic E-state index is 12.2. The molecule has 0 saturated carbocycles. The van der Waals surface area contributed by atoms with Gasteiger partial charge in [0.1, 0.15) is 11.5 Å². The second kappa shape index (κ2) is 7.34. The van der Waals surface area contributed by atoms with Crippen molar-refractivity contribution in [2.75, 3.05) is 12.9 Å². The Morgan fingerprint density at radius 2 is 1.62 bits per heavy atom. The van der Waals surface area contributed by atoms with Crippen molar-refractivity contribution in [3.8, 4) is 22.6 Å². The van der Waals surface area contributed by atoms with Crippen molar-refractivity contribution in [2.24, 2.45) is 0 Å². The molecule has 1 N–H and O–H groups in total. The molecule has 1 aliphatic rings. The fourth-order valence-corrected chi connectivity index (χ4v) is 4.04. The van der Waals surface area contributed by atoms with Crippen LogP contribution in [0.4, 0.5) is 0 Å². The van der Waals surface area contributed by atoms with Crippen LogP contribution in [0.15, 0.2) is 41.3 Å². The van der Waals surface area contributed by atoms with Crippen LogP contribution >= 0.6 is 0 Å². The molecule has 3 rings (SSSR count). The van der Waals surface area contributed by atoms with Gasteiger partial charge in [0.15, 0.2) is 9.84 Å². The van der Waals surface area contributed by atoms with Crippen LogP contribution in [-0.4, -0.2) is 44.7 Å². The van der Waals surface area contributed by atoms with E-state index < -0.39 is 28.2 Å². The number of phenols is 1. The Morgan fingerprint density at radius 3 is 2.17 bits per heavy atom. The van der Waals surface area contributed by atoms with Gasteiger partial charge in [0.25, 0.3) is 0 Å². The molecule has 8 heteroatoms. The van der Waals surface area contributed by atoms with E-state index in [9.17, 15) is 13.5 Å². The fraction of sp³-hybridized carbons (Fsp3) is 0.429. The van der Waals surface area contributed by atoms with Crippen LogP contribution < -0.4 is 10.2 Å². The Morgan fingerprint density at radius 1 is 1.00 bits per heavy atom. The standard InChI is InChI=1S/C21H27BO6S/c1-7-29(24,25)15-9-10-16(19(13-15)26-6)17-12-14(8-11-18(17)23)22-27-20(2,3)21(4,5)28-22/h8-13,23H,7H2,1-6H3. The van der Waals surface area contributed by atoms with Gasteiger partial charge in [0, 0.05) is 11.1 Å². The first kappa shape index (κ1) is 21.7. The average Bonchev–Trinajstić information content (AvgIpc) is 2.89. The van der Waals surface area contributed by atoms with Crippen LogP contribution in [0.1, 0.15) is 34.6 Å². The van der Waals surface area contributed by atoms with Crippen molar-refractivity contribution in [3.63, 3.8) is 0 Å². The first-order valence-corrected chi connectivity index (χ1v) is 11.2. The molecule has 0 atom stereocenters. The van der Waals surface area contributed by atoms with E-state index >= 15 is 0 Å². The summed E-state index contributed by atoms with van der Waals surface area (Å²) in [5.74, 6) is 0.411. The van der Waals surface area contributed by atoms with Crippen molar-refractivity contribution in [1.29, 1.82) is 0 Å². The molecular weight excluding hydrogens is 391 g/mol. The lowest BCUT2D eigenvalue weighted by Gasteiger charge is -2.32. The number of benzene rings is 2. The predicted octanol–water partition coefficient (Wildman–Crippen LogP) is 3.16. The third kappa shape index (κ3) is 3.89. The van der Waals surface area contributed by atoms with Crippen LogP contribution in [0.25, 0.3) is 11.1 Å². The van der Waals surface area contributed by atoms with E-state index in [2.05, 4.69) is 0 Å². The number of methoxy groups -OCH3 is 1. The number of sulfone groups is 1. The van der Waals surface area contributed by atoms with Gasteiger partial charge >= 0.3 is 7.12 Å². The first-order chi connectivity index (χ1) is 13.4. The molecule has 29 heavy (non-hydrogen) atoms. The largest absolute Gasteiger partial charge is 0.507 e. The minimum Gasteiger partial charge on any atom is -0.507 e. The van der Waals surface area contributed by atoms with E-state index in [-0.39, 0.29) is 16.4 Å². The van der Waals surface area contributed by atoms with Crippen LogP contribution in [0.3, 0.4) is 0 Å². The first-order valence-electron chi connectivity index (χ1n) is 9.51. The number of ether oxygens (including phenoxy) is 1. The van der Waals surface area contributed by atoms with Crippen molar-refractivity contribution in [2.45, 2.75) is 50.7 Å². The van der Waals surface area contributed by atoms with Crippen LogP contribution in [0.5, 0.6) is 11.5 Å². The smallest absolute Gasteiger partial charge is 0.494 e. The van der Waals surface area contributed by atoms with Crippen molar-refractivity contribution >= 4 is 22.4 Å². The van der Waals surface area contributed by atoms with Gasteiger partial charge in [-0.1, -0.05) is 19.1 Å². The summed E-state index contributed by atoms with van der Waals surface area (Å²) in [5.41, 5.74) is 0.879. The van der Waals surface area contributed by atoms with Gasteiger partial charge in [-0.2, -0.15) is 0 Å². The summed E-state index contributed by atoms with van der Waals surface area (Å²) < 4.78 is 42.0. The Hall–Kier alpha value is -2.03. The SMILES string of the molecule is CCS(=O)(=O)c1ccc(-c2cc(B3OC(C)(C)C(C)(C)O3)ccc2O)c(OC)c1. The number of hydrogen-bond donors (Lipinski definition) is 1. The minimum absolute atomic E-state index is 0.00182. The van der Waals surface area contributed by atoms with Gasteiger partial charge in [0.2, 0.25) is 0 Å². The van der Waals surface area contributed by atoms with Crippen LogP contribution in [0, 0.1) is 0 Å². The molecule has 0 amide bonds. The normalized spacial score (nSPS) is 18.1. The summed E-state index contributed by atoms with van der Waals surface area (Å²) >= 11 is 0. The van der Waals surface area contributed by atoms with Crippen molar-refractivity contribution in [1.82, 2.24) is 0 Å². The lowest BCUT2D eigenvalue weighted by atomic mass is 9.77. The summed E-state index contributed by atoms with van der Waals surface area (Å²) in [6.45, 7) is 9.50. The van der Waals surface area contributed by atoms with Crippen LogP contribution in [0.2, 0.25) is 0 Å². The molecule has 2 aromatic carbocycles. The molecule has 1 heterocycles. The van der Waals surface area contributed by atoms with E-state index in [1.54, 1.807) is 31.2 Å². The van der Waals surface area contributed by atoms with E-state index in [1.165, 1.54) is 19.2 Å². The highest BCUT2D eigenvalue weighted by Gasteiger charge is 2.51.